The Morgan fingerprint density at radius 1 is 1.09 bits per heavy atom. The number of hydrogen-bond donors (Lipinski definition) is 3. The van der Waals surface area contributed by atoms with Crippen molar-refractivity contribution in [2.24, 2.45) is 0 Å². The molecule has 2 aromatic heterocycles. The molecule has 4 aromatic rings. The molecule has 0 amide bonds. The van der Waals surface area contributed by atoms with Crippen LogP contribution in [0.4, 0.5) is 24.8 Å². The van der Waals surface area contributed by atoms with E-state index in [0.29, 0.717) is 17.3 Å². The predicted octanol–water partition coefficient (Wildman–Crippen LogP) is 4.37. The van der Waals surface area contributed by atoms with E-state index in [2.05, 4.69) is 30.7 Å². The van der Waals surface area contributed by atoms with Crippen molar-refractivity contribution in [1.82, 2.24) is 25.5 Å². The molecular formula is C24H24F3N7. The van der Waals surface area contributed by atoms with Crippen LogP contribution in [0.5, 0.6) is 0 Å². The number of aromatic amines is 1. The molecule has 1 saturated heterocycles. The summed E-state index contributed by atoms with van der Waals surface area (Å²) >= 11 is 0. The van der Waals surface area contributed by atoms with Gasteiger partial charge < -0.3 is 15.5 Å². The number of piperazine rings is 1. The van der Waals surface area contributed by atoms with Gasteiger partial charge in [-0.1, -0.05) is 24.3 Å². The number of rotatable bonds is 5. The normalized spacial score (nSPS) is 14.5. The van der Waals surface area contributed by atoms with Crippen LogP contribution in [-0.4, -0.2) is 46.3 Å². The van der Waals surface area contributed by atoms with E-state index in [1.54, 1.807) is 12.3 Å². The first-order valence-corrected chi connectivity index (χ1v) is 11.1. The molecule has 1 aliphatic rings. The monoisotopic (exact) mass is 467 g/mol. The fourth-order valence-corrected chi connectivity index (χ4v) is 4.17. The molecule has 2 aromatic carbocycles. The number of aryl methyl sites for hydroxylation is 1. The molecule has 7 nitrogen and oxygen atoms in total. The van der Waals surface area contributed by atoms with Gasteiger partial charge in [-0.3, -0.25) is 5.10 Å². The first-order valence-electron chi connectivity index (χ1n) is 11.1. The molecule has 0 aliphatic carbocycles. The van der Waals surface area contributed by atoms with Gasteiger partial charge in [0.1, 0.15) is 0 Å². The average Bonchev–Trinajstić information content (AvgIpc) is 3.23. The predicted molar refractivity (Wildman–Crippen MR) is 126 cm³/mol. The van der Waals surface area contributed by atoms with Crippen LogP contribution in [0.1, 0.15) is 16.8 Å². The van der Waals surface area contributed by atoms with E-state index in [4.69, 9.17) is 4.98 Å². The second kappa shape index (κ2) is 8.94. The lowest BCUT2D eigenvalue weighted by Crippen LogP contribution is -2.44. The third-order valence-corrected chi connectivity index (χ3v) is 5.99. The van der Waals surface area contributed by atoms with Gasteiger partial charge in [0.05, 0.1) is 28.7 Å². The smallest absolute Gasteiger partial charge is 0.363 e. The van der Waals surface area contributed by atoms with E-state index in [-0.39, 0.29) is 12.1 Å². The first-order chi connectivity index (χ1) is 16.4. The van der Waals surface area contributed by atoms with Crippen molar-refractivity contribution in [3.8, 4) is 11.3 Å². The maximum atomic E-state index is 13.4. The molecule has 3 heterocycles. The number of anilines is 2. The molecule has 0 radical (unpaired) electrons. The molecule has 0 saturated carbocycles. The molecule has 10 heteroatoms. The summed E-state index contributed by atoms with van der Waals surface area (Å²) in [7, 11) is 0. The minimum absolute atomic E-state index is 0.0109. The van der Waals surface area contributed by atoms with Gasteiger partial charge in [0.15, 0.2) is 11.6 Å². The van der Waals surface area contributed by atoms with E-state index in [1.807, 2.05) is 25.1 Å². The molecule has 0 bridgehead atoms. The minimum Gasteiger partial charge on any atom is -0.363 e. The number of aromatic nitrogens is 4. The van der Waals surface area contributed by atoms with Crippen LogP contribution in [0.3, 0.4) is 0 Å². The van der Waals surface area contributed by atoms with E-state index < -0.39 is 11.7 Å². The zero-order chi connectivity index (χ0) is 23.7. The van der Waals surface area contributed by atoms with Crippen molar-refractivity contribution >= 4 is 22.5 Å². The van der Waals surface area contributed by atoms with Gasteiger partial charge in [0.25, 0.3) is 0 Å². The molecule has 176 valence electrons. The van der Waals surface area contributed by atoms with Crippen LogP contribution in [0.2, 0.25) is 0 Å². The van der Waals surface area contributed by atoms with E-state index >= 15 is 0 Å². The lowest BCUT2D eigenvalue weighted by Gasteiger charge is -2.30. The van der Waals surface area contributed by atoms with E-state index in [9.17, 15) is 13.2 Å². The van der Waals surface area contributed by atoms with Crippen molar-refractivity contribution < 1.29 is 13.2 Å². The molecular weight excluding hydrogens is 443 g/mol. The van der Waals surface area contributed by atoms with Gasteiger partial charge >= 0.3 is 6.18 Å². The Morgan fingerprint density at radius 2 is 1.88 bits per heavy atom. The van der Waals surface area contributed by atoms with Crippen LogP contribution in [0.25, 0.3) is 22.2 Å². The number of nitrogens with one attached hydrogen (secondary N) is 3. The molecule has 1 fully saturated rings. The molecule has 3 N–H and O–H groups in total. The third-order valence-electron chi connectivity index (χ3n) is 5.99. The molecule has 34 heavy (non-hydrogen) atoms. The standard InChI is InChI=1S/C24H24F3N7/c1-15-18-12-16(6-7-20(18)33-32-15)21-14-30-22(23(31-21)34-10-8-28-9-11-34)29-13-17-4-2-3-5-19(17)24(25,26)27/h2-7,12,14,28H,8-11,13H2,1H3,(H,29,30)(H,32,33). The Morgan fingerprint density at radius 3 is 2.68 bits per heavy atom. The summed E-state index contributed by atoms with van der Waals surface area (Å²) in [4.78, 5) is 11.6. The van der Waals surface area contributed by atoms with Crippen LogP contribution in [-0.2, 0) is 12.7 Å². The molecule has 5 rings (SSSR count). The maximum Gasteiger partial charge on any atom is 0.416 e. The minimum atomic E-state index is -4.42. The second-order valence-electron chi connectivity index (χ2n) is 8.24. The number of benzene rings is 2. The van der Waals surface area contributed by atoms with Crippen molar-refractivity contribution in [2.75, 3.05) is 36.4 Å². The first kappa shape index (κ1) is 22.1. The van der Waals surface area contributed by atoms with Gasteiger partial charge in [-0.15, -0.1) is 0 Å². The SMILES string of the molecule is Cc1n[nH]c2ccc(-c3cnc(NCc4ccccc4C(F)(F)F)c(N4CCNCC4)n3)cc12. The van der Waals surface area contributed by atoms with Crippen molar-refractivity contribution in [3.63, 3.8) is 0 Å². The second-order valence-corrected chi connectivity index (χ2v) is 8.24. The fourth-order valence-electron chi connectivity index (χ4n) is 4.17. The van der Waals surface area contributed by atoms with Gasteiger partial charge in [-0.2, -0.15) is 18.3 Å². The molecule has 0 atom stereocenters. The Hall–Kier alpha value is -3.66. The lowest BCUT2D eigenvalue weighted by atomic mass is 10.1. The van der Waals surface area contributed by atoms with Crippen molar-refractivity contribution in [1.29, 1.82) is 0 Å². The summed E-state index contributed by atoms with van der Waals surface area (Å²) in [6, 6.07) is 11.5. The highest BCUT2D eigenvalue weighted by molar-refractivity contribution is 5.86. The highest BCUT2D eigenvalue weighted by Gasteiger charge is 2.32. The van der Waals surface area contributed by atoms with Gasteiger partial charge in [-0.25, -0.2) is 9.97 Å². The van der Waals surface area contributed by atoms with Gasteiger partial charge in [0, 0.05) is 43.7 Å². The quantitative estimate of drug-likeness (QED) is 0.405. The van der Waals surface area contributed by atoms with E-state index in [1.165, 1.54) is 12.1 Å². The number of hydrogen-bond acceptors (Lipinski definition) is 6. The zero-order valence-corrected chi connectivity index (χ0v) is 18.6. The Bertz CT molecular complexity index is 1310. The molecule has 1 aliphatic heterocycles. The number of nitrogens with zero attached hydrogens (tertiary/aromatic N) is 4. The number of halogens is 3. The summed E-state index contributed by atoms with van der Waals surface area (Å²) in [6.45, 7) is 4.97. The summed E-state index contributed by atoms with van der Waals surface area (Å²) in [5, 5.41) is 14.7. The summed E-state index contributed by atoms with van der Waals surface area (Å²) < 4.78 is 40.3. The highest BCUT2D eigenvalue weighted by Crippen LogP contribution is 2.33. The lowest BCUT2D eigenvalue weighted by molar-refractivity contribution is -0.138. The number of H-pyrrole nitrogens is 1. The summed E-state index contributed by atoms with van der Waals surface area (Å²) in [5.41, 5.74) is 2.94. The zero-order valence-electron chi connectivity index (χ0n) is 18.6. The van der Waals surface area contributed by atoms with Crippen molar-refractivity contribution in [3.05, 3.63) is 65.5 Å². The average molecular weight is 467 g/mol. The molecule has 0 spiro atoms. The summed E-state index contributed by atoms with van der Waals surface area (Å²) in [6.07, 6.45) is -2.76. The highest BCUT2D eigenvalue weighted by atomic mass is 19.4. The number of fused-ring (bicyclic) bond motifs is 1. The fraction of sp³-hybridized carbons (Fsp3) is 0.292. The molecule has 0 unspecified atom stereocenters. The third kappa shape index (κ3) is 4.41. The largest absolute Gasteiger partial charge is 0.416 e. The Balaban J connectivity index is 1.49. The maximum absolute atomic E-state index is 13.4. The summed E-state index contributed by atoms with van der Waals surface area (Å²) in [5.74, 6) is 1.09. The topological polar surface area (TPSA) is 81.8 Å². The van der Waals surface area contributed by atoms with Crippen molar-refractivity contribution in [2.45, 2.75) is 19.6 Å². The van der Waals surface area contributed by atoms with Crippen LogP contribution < -0.4 is 15.5 Å². The Labute approximate surface area is 194 Å². The van der Waals surface area contributed by atoms with Crippen LogP contribution >= 0.6 is 0 Å². The van der Waals surface area contributed by atoms with E-state index in [0.717, 1.165) is 54.4 Å². The van der Waals surface area contributed by atoms with Crippen LogP contribution in [0, 0.1) is 6.92 Å². The Kier molecular flexibility index (Phi) is 5.82. The van der Waals surface area contributed by atoms with Crippen LogP contribution in [0.15, 0.2) is 48.7 Å². The van der Waals surface area contributed by atoms with Gasteiger partial charge in [-0.05, 0) is 30.7 Å². The van der Waals surface area contributed by atoms with Gasteiger partial charge in [0.2, 0.25) is 0 Å². The number of alkyl halides is 3.